The monoisotopic (exact) mass is 200 g/mol. The van der Waals surface area contributed by atoms with Crippen molar-refractivity contribution in [3.8, 4) is 0 Å². The number of aliphatic hydroxyl groups excluding tert-OH is 1. The zero-order valence-corrected chi connectivity index (χ0v) is 9.66. The van der Waals surface area contributed by atoms with Crippen LogP contribution in [0.5, 0.6) is 0 Å². The summed E-state index contributed by atoms with van der Waals surface area (Å²) in [6, 6.07) is 1.07. The van der Waals surface area contributed by atoms with Gasteiger partial charge in [-0.25, -0.2) is 0 Å². The lowest BCUT2D eigenvalue weighted by Crippen LogP contribution is -2.49. The lowest BCUT2D eigenvalue weighted by Gasteiger charge is -2.36. The third kappa shape index (κ3) is 3.56. The van der Waals surface area contributed by atoms with Crippen LogP contribution in [0, 0.1) is 5.92 Å². The van der Waals surface area contributed by atoms with E-state index in [1.54, 1.807) is 0 Å². The standard InChI is InChI=1S/C11H24N2O/c1-9-8-13(3)6-4-11(9)12-10(2)5-7-14/h9-12,14H,4-8H2,1-3H3. The van der Waals surface area contributed by atoms with E-state index in [1.807, 2.05) is 0 Å². The van der Waals surface area contributed by atoms with E-state index in [1.165, 1.54) is 19.5 Å². The van der Waals surface area contributed by atoms with Crippen LogP contribution in [0.2, 0.25) is 0 Å². The van der Waals surface area contributed by atoms with Gasteiger partial charge in [0.2, 0.25) is 0 Å². The molecule has 0 aliphatic carbocycles. The third-order valence-corrected chi connectivity index (χ3v) is 3.17. The molecule has 84 valence electrons. The Morgan fingerprint density at radius 2 is 2.29 bits per heavy atom. The van der Waals surface area contributed by atoms with Gasteiger partial charge in [-0.2, -0.15) is 0 Å². The van der Waals surface area contributed by atoms with Gasteiger partial charge in [0.15, 0.2) is 0 Å². The highest BCUT2D eigenvalue weighted by Gasteiger charge is 2.24. The smallest absolute Gasteiger partial charge is 0.0445 e. The van der Waals surface area contributed by atoms with Gasteiger partial charge < -0.3 is 15.3 Å². The average Bonchev–Trinajstić information content (AvgIpc) is 2.10. The maximum absolute atomic E-state index is 8.83. The van der Waals surface area contributed by atoms with E-state index < -0.39 is 0 Å². The zero-order chi connectivity index (χ0) is 10.6. The number of nitrogens with zero attached hydrogens (tertiary/aromatic N) is 1. The van der Waals surface area contributed by atoms with E-state index >= 15 is 0 Å². The van der Waals surface area contributed by atoms with Crippen LogP contribution in [0.3, 0.4) is 0 Å². The van der Waals surface area contributed by atoms with Crippen molar-refractivity contribution >= 4 is 0 Å². The first kappa shape index (κ1) is 12.0. The fourth-order valence-electron chi connectivity index (χ4n) is 2.24. The quantitative estimate of drug-likeness (QED) is 0.701. The minimum Gasteiger partial charge on any atom is -0.396 e. The highest BCUT2D eigenvalue weighted by Crippen LogP contribution is 2.16. The van der Waals surface area contributed by atoms with Crippen molar-refractivity contribution in [1.82, 2.24) is 10.2 Å². The lowest BCUT2D eigenvalue weighted by atomic mass is 9.93. The van der Waals surface area contributed by atoms with Crippen molar-refractivity contribution in [3.63, 3.8) is 0 Å². The molecule has 1 heterocycles. The highest BCUT2D eigenvalue weighted by atomic mass is 16.3. The molecule has 14 heavy (non-hydrogen) atoms. The molecule has 3 atom stereocenters. The molecule has 0 aromatic heterocycles. The Kier molecular flexibility index (Phi) is 4.85. The summed E-state index contributed by atoms with van der Waals surface area (Å²) in [6.45, 7) is 7.12. The molecule has 3 unspecified atom stereocenters. The number of aliphatic hydroxyl groups is 1. The molecule has 1 aliphatic heterocycles. The maximum atomic E-state index is 8.83. The molecule has 0 spiro atoms. The Balaban J connectivity index is 2.29. The summed E-state index contributed by atoms with van der Waals surface area (Å²) in [7, 11) is 2.18. The SMILES string of the molecule is CC(CCO)NC1CCN(C)CC1C. The topological polar surface area (TPSA) is 35.5 Å². The minimum absolute atomic E-state index is 0.287. The molecule has 3 nitrogen and oxygen atoms in total. The summed E-state index contributed by atoms with van der Waals surface area (Å²) in [5, 5.41) is 12.4. The second-order valence-electron chi connectivity index (χ2n) is 4.71. The normalized spacial score (nSPS) is 31.7. The van der Waals surface area contributed by atoms with Crippen molar-refractivity contribution in [2.45, 2.75) is 38.8 Å². The fraction of sp³-hybridized carbons (Fsp3) is 1.00. The number of rotatable bonds is 4. The third-order valence-electron chi connectivity index (χ3n) is 3.17. The van der Waals surface area contributed by atoms with Gasteiger partial charge in [0.05, 0.1) is 0 Å². The molecule has 1 aliphatic rings. The molecule has 0 aromatic rings. The largest absolute Gasteiger partial charge is 0.396 e. The average molecular weight is 200 g/mol. The van der Waals surface area contributed by atoms with Gasteiger partial charge in [0, 0.05) is 25.2 Å². The molecule has 1 fully saturated rings. The first-order valence-corrected chi connectivity index (χ1v) is 5.69. The van der Waals surface area contributed by atoms with Crippen LogP contribution in [0.25, 0.3) is 0 Å². The van der Waals surface area contributed by atoms with Gasteiger partial charge >= 0.3 is 0 Å². The Morgan fingerprint density at radius 1 is 1.57 bits per heavy atom. The first-order chi connectivity index (χ1) is 6.63. The summed E-state index contributed by atoms with van der Waals surface area (Å²) in [6.07, 6.45) is 2.09. The molecule has 1 rings (SSSR count). The zero-order valence-electron chi connectivity index (χ0n) is 9.66. The van der Waals surface area contributed by atoms with E-state index in [4.69, 9.17) is 5.11 Å². The van der Waals surface area contributed by atoms with E-state index in [0.29, 0.717) is 12.1 Å². The second kappa shape index (κ2) is 5.69. The summed E-state index contributed by atoms with van der Waals surface area (Å²) >= 11 is 0. The van der Waals surface area contributed by atoms with Crippen molar-refractivity contribution in [1.29, 1.82) is 0 Å². The number of nitrogens with one attached hydrogen (secondary N) is 1. The van der Waals surface area contributed by atoms with Crippen LogP contribution in [-0.4, -0.2) is 48.8 Å². The van der Waals surface area contributed by atoms with Crippen LogP contribution >= 0.6 is 0 Å². The molecular formula is C11H24N2O. The highest BCUT2D eigenvalue weighted by molar-refractivity contribution is 4.83. The van der Waals surface area contributed by atoms with E-state index in [-0.39, 0.29) is 6.61 Å². The number of likely N-dealkylation sites (tertiary alicyclic amines) is 1. The molecule has 0 saturated carbocycles. The minimum atomic E-state index is 0.287. The first-order valence-electron chi connectivity index (χ1n) is 5.69. The number of hydrogen-bond acceptors (Lipinski definition) is 3. The number of piperidine rings is 1. The Bertz CT molecular complexity index is 163. The van der Waals surface area contributed by atoms with Crippen molar-refractivity contribution in [3.05, 3.63) is 0 Å². The van der Waals surface area contributed by atoms with Crippen LogP contribution in [0.1, 0.15) is 26.7 Å². The predicted molar refractivity (Wildman–Crippen MR) is 59.4 cm³/mol. The van der Waals surface area contributed by atoms with E-state index in [0.717, 1.165) is 12.3 Å². The molecule has 3 heteroatoms. The molecular weight excluding hydrogens is 176 g/mol. The van der Waals surface area contributed by atoms with E-state index in [2.05, 4.69) is 31.1 Å². The van der Waals surface area contributed by atoms with Gasteiger partial charge in [-0.15, -0.1) is 0 Å². The van der Waals surface area contributed by atoms with Crippen LogP contribution in [-0.2, 0) is 0 Å². The summed E-state index contributed by atoms with van der Waals surface area (Å²) in [4.78, 5) is 2.39. The Morgan fingerprint density at radius 3 is 2.86 bits per heavy atom. The predicted octanol–water partition coefficient (Wildman–Crippen LogP) is 0.687. The molecule has 0 bridgehead atoms. The molecule has 0 radical (unpaired) electrons. The van der Waals surface area contributed by atoms with Crippen molar-refractivity contribution < 1.29 is 5.11 Å². The second-order valence-corrected chi connectivity index (χ2v) is 4.71. The van der Waals surface area contributed by atoms with Gasteiger partial charge in [-0.3, -0.25) is 0 Å². The molecule has 0 aromatic carbocycles. The summed E-state index contributed by atoms with van der Waals surface area (Å²) in [5.41, 5.74) is 0. The molecule has 0 amide bonds. The van der Waals surface area contributed by atoms with E-state index in [9.17, 15) is 0 Å². The van der Waals surface area contributed by atoms with Gasteiger partial charge in [0.25, 0.3) is 0 Å². The molecule has 2 N–H and O–H groups in total. The van der Waals surface area contributed by atoms with Crippen molar-refractivity contribution in [2.75, 3.05) is 26.7 Å². The Labute approximate surface area is 87.5 Å². The van der Waals surface area contributed by atoms with Crippen molar-refractivity contribution in [2.24, 2.45) is 5.92 Å². The molecule has 1 saturated heterocycles. The Hall–Kier alpha value is -0.120. The number of hydrogen-bond donors (Lipinski definition) is 2. The maximum Gasteiger partial charge on any atom is 0.0445 e. The van der Waals surface area contributed by atoms with Gasteiger partial charge in [-0.1, -0.05) is 6.92 Å². The van der Waals surface area contributed by atoms with Crippen LogP contribution in [0.4, 0.5) is 0 Å². The van der Waals surface area contributed by atoms with Gasteiger partial charge in [0.1, 0.15) is 0 Å². The summed E-state index contributed by atoms with van der Waals surface area (Å²) < 4.78 is 0. The van der Waals surface area contributed by atoms with Crippen LogP contribution < -0.4 is 5.32 Å². The lowest BCUT2D eigenvalue weighted by molar-refractivity contribution is 0.161. The fourth-order valence-corrected chi connectivity index (χ4v) is 2.24. The van der Waals surface area contributed by atoms with Gasteiger partial charge in [-0.05, 0) is 39.3 Å². The summed E-state index contributed by atoms with van der Waals surface area (Å²) in [5.74, 6) is 0.717. The van der Waals surface area contributed by atoms with Crippen LogP contribution in [0.15, 0.2) is 0 Å².